The predicted octanol–water partition coefficient (Wildman–Crippen LogP) is 1.74. The second-order valence-electron chi connectivity index (χ2n) is 4.09. The van der Waals surface area contributed by atoms with Crippen LogP contribution in [0.5, 0.6) is 0 Å². The fraction of sp³-hybridized carbons (Fsp3) is 0.667. The van der Waals surface area contributed by atoms with Gasteiger partial charge in [-0.05, 0) is 26.3 Å². The number of nitrogens with one attached hydrogen (secondary N) is 1. The van der Waals surface area contributed by atoms with Crippen LogP contribution in [0.2, 0.25) is 0 Å². The molecule has 1 aromatic rings. The monoisotopic (exact) mass is 317 g/mol. The number of carbonyl (C=O) groups excluding carboxylic acids is 1. The lowest BCUT2D eigenvalue weighted by Gasteiger charge is -2.16. The minimum Gasteiger partial charge on any atom is -0.383 e. The summed E-state index contributed by atoms with van der Waals surface area (Å²) in [6.07, 6.45) is 0.832. The molecule has 1 N–H and O–H groups in total. The van der Waals surface area contributed by atoms with Crippen molar-refractivity contribution in [2.75, 3.05) is 19.0 Å². The highest BCUT2D eigenvalue weighted by molar-refractivity contribution is 9.09. The first-order valence-electron chi connectivity index (χ1n) is 6.02. The van der Waals surface area contributed by atoms with E-state index in [4.69, 9.17) is 4.74 Å². The topological polar surface area (TPSA) is 56.2 Å². The van der Waals surface area contributed by atoms with E-state index in [-0.39, 0.29) is 11.9 Å². The largest absolute Gasteiger partial charge is 0.383 e. The highest BCUT2D eigenvalue weighted by atomic mass is 79.9. The minimum absolute atomic E-state index is 0.0161. The smallest absolute Gasteiger partial charge is 0.269 e. The van der Waals surface area contributed by atoms with Crippen molar-refractivity contribution in [3.05, 3.63) is 17.5 Å². The van der Waals surface area contributed by atoms with Crippen LogP contribution in [0.4, 0.5) is 0 Å². The van der Waals surface area contributed by atoms with Crippen LogP contribution in [0, 0.1) is 6.92 Å². The predicted molar refractivity (Wildman–Crippen MR) is 74.2 cm³/mol. The molecule has 1 heterocycles. The molecule has 1 amide bonds. The van der Waals surface area contributed by atoms with Crippen LogP contribution in [0.3, 0.4) is 0 Å². The molecule has 18 heavy (non-hydrogen) atoms. The van der Waals surface area contributed by atoms with Crippen molar-refractivity contribution in [1.82, 2.24) is 15.1 Å². The number of alkyl halides is 1. The summed E-state index contributed by atoms with van der Waals surface area (Å²) in [5, 5.41) is 8.06. The number of halogens is 1. The number of amides is 1. The number of hydrogen-bond donors (Lipinski definition) is 1. The van der Waals surface area contributed by atoms with Crippen LogP contribution in [-0.2, 0) is 11.3 Å². The number of aromatic nitrogens is 2. The summed E-state index contributed by atoms with van der Waals surface area (Å²) < 4.78 is 6.81. The van der Waals surface area contributed by atoms with Crippen molar-refractivity contribution in [3.63, 3.8) is 0 Å². The van der Waals surface area contributed by atoms with E-state index < -0.39 is 0 Å². The van der Waals surface area contributed by atoms with Crippen LogP contribution in [0.15, 0.2) is 6.07 Å². The molecule has 0 fully saturated rings. The number of rotatable bonds is 7. The second-order valence-corrected chi connectivity index (χ2v) is 4.88. The molecule has 0 aromatic carbocycles. The molecule has 0 radical (unpaired) electrons. The van der Waals surface area contributed by atoms with E-state index in [1.54, 1.807) is 17.9 Å². The number of methoxy groups -OCH3 is 1. The summed E-state index contributed by atoms with van der Waals surface area (Å²) >= 11 is 3.37. The van der Waals surface area contributed by atoms with Gasteiger partial charge in [-0.3, -0.25) is 9.48 Å². The summed E-state index contributed by atoms with van der Waals surface area (Å²) in [4.78, 5) is 12.2. The lowest BCUT2D eigenvalue weighted by molar-refractivity contribution is 0.0885. The Balaban J connectivity index is 2.73. The molecular weight excluding hydrogens is 298 g/mol. The molecule has 102 valence electrons. The molecule has 0 spiro atoms. The van der Waals surface area contributed by atoms with Gasteiger partial charge < -0.3 is 10.1 Å². The fourth-order valence-corrected chi connectivity index (χ4v) is 2.31. The van der Waals surface area contributed by atoms with Gasteiger partial charge in [0.2, 0.25) is 0 Å². The van der Waals surface area contributed by atoms with Gasteiger partial charge in [0.15, 0.2) is 0 Å². The van der Waals surface area contributed by atoms with Crippen molar-refractivity contribution < 1.29 is 9.53 Å². The molecule has 0 aliphatic heterocycles. The molecule has 0 saturated heterocycles. The van der Waals surface area contributed by atoms with Crippen molar-refractivity contribution >= 4 is 21.8 Å². The third-order valence-corrected chi connectivity index (χ3v) is 3.05. The van der Waals surface area contributed by atoms with Gasteiger partial charge in [0.25, 0.3) is 5.91 Å². The van der Waals surface area contributed by atoms with E-state index in [1.165, 1.54) is 0 Å². The molecule has 0 bridgehead atoms. The maximum Gasteiger partial charge on any atom is 0.269 e. The number of hydrogen-bond acceptors (Lipinski definition) is 3. The number of nitrogens with zero attached hydrogens (tertiary/aromatic N) is 2. The standard InChI is InChI=1S/C12H20BrN3O2/c1-4-16-11(7-9(2)15-16)12(17)14-10(5-6-13)8-18-3/h7,10H,4-6,8H2,1-3H3,(H,14,17). The van der Waals surface area contributed by atoms with Crippen LogP contribution in [-0.4, -0.2) is 40.8 Å². The Morgan fingerprint density at radius 3 is 2.94 bits per heavy atom. The molecule has 1 aromatic heterocycles. The van der Waals surface area contributed by atoms with Crippen molar-refractivity contribution in [3.8, 4) is 0 Å². The van der Waals surface area contributed by atoms with Gasteiger partial charge in [-0.15, -0.1) is 0 Å². The Morgan fingerprint density at radius 2 is 2.39 bits per heavy atom. The first-order chi connectivity index (χ1) is 8.62. The zero-order valence-electron chi connectivity index (χ0n) is 11.1. The zero-order chi connectivity index (χ0) is 13.5. The second kappa shape index (κ2) is 7.53. The Morgan fingerprint density at radius 1 is 1.67 bits per heavy atom. The lowest BCUT2D eigenvalue weighted by Crippen LogP contribution is -2.39. The summed E-state index contributed by atoms with van der Waals surface area (Å²) in [6.45, 7) is 5.04. The molecular formula is C12H20BrN3O2. The minimum atomic E-state index is -0.0968. The molecule has 5 nitrogen and oxygen atoms in total. The third-order valence-electron chi connectivity index (χ3n) is 2.59. The van der Waals surface area contributed by atoms with E-state index in [1.807, 2.05) is 13.8 Å². The van der Waals surface area contributed by atoms with Gasteiger partial charge in [-0.25, -0.2) is 0 Å². The Hall–Kier alpha value is -0.880. The Labute approximate surface area is 116 Å². The average molecular weight is 318 g/mol. The maximum absolute atomic E-state index is 12.2. The molecule has 1 atom stereocenters. The summed E-state index contributed by atoms with van der Waals surface area (Å²) in [5.74, 6) is -0.0968. The average Bonchev–Trinajstić information content (AvgIpc) is 2.71. The highest BCUT2D eigenvalue weighted by Crippen LogP contribution is 2.05. The first kappa shape index (κ1) is 15.2. The molecule has 6 heteroatoms. The zero-order valence-corrected chi connectivity index (χ0v) is 12.7. The van der Waals surface area contributed by atoms with Gasteiger partial charge in [0, 0.05) is 19.0 Å². The van der Waals surface area contributed by atoms with Crippen LogP contribution < -0.4 is 5.32 Å². The third kappa shape index (κ3) is 4.10. The SMILES string of the molecule is CCn1nc(C)cc1C(=O)NC(CCBr)COC. The van der Waals surface area contributed by atoms with Crippen LogP contribution in [0.1, 0.15) is 29.5 Å². The fourth-order valence-electron chi connectivity index (χ4n) is 1.76. The van der Waals surface area contributed by atoms with Gasteiger partial charge in [-0.1, -0.05) is 15.9 Å². The highest BCUT2D eigenvalue weighted by Gasteiger charge is 2.17. The molecule has 0 aliphatic carbocycles. The van der Waals surface area contributed by atoms with Crippen molar-refractivity contribution in [1.29, 1.82) is 0 Å². The van der Waals surface area contributed by atoms with Crippen molar-refractivity contribution in [2.45, 2.75) is 32.9 Å². The number of carbonyl (C=O) groups is 1. The van der Waals surface area contributed by atoms with Crippen LogP contribution >= 0.6 is 15.9 Å². The van der Waals surface area contributed by atoms with Gasteiger partial charge in [0.1, 0.15) is 5.69 Å². The number of aryl methyl sites for hydroxylation is 2. The molecule has 1 rings (SSSR count). The number of ether oxygens (including phenoxy) is 1. The quantitative estimate of drug-likeness (QED) is 0.779. The van der Waals surface area contributed by atoms with E-state index in [0.29, 0.717) is 18.8 Å². The van der Waals surface area contributed by atoms with E-state index in [2.05, 4.69) is 26.3 Å². The maximum atomic E-state index is 12.2. The Kier molecular flexibility index (Phi) is 6.35. The molecule has 1 unspecified atom stereocenters. The summed E-state index contributed by atoms with van der Waals surface area (Å²) in [5.41, 5.74) is 1.46. The summed E-state index contributed by atoms with van der Waals surface area (Å²) in [6, 6.07) is 1.82. The van der Waals surface area contributed by atoms with Crippen molar-refractivity contribution in [2.24, 2.45) is 0 Å². The first-order valence-corrected chi connectivity index (χ1v) is 7.14. The van der Waals surface area contributed by atoms with Gasteiger partial charge >= 0.3 is 0 Å². The molecule has 0 saturated carbocycles. The normalized spacial score (nSPS) is 12.4. The lowest BCUT2D eigenvalue weighted by atomic mass is 10.2. The van der Waals surface area contributed by atoms with Gasteiger partial charge in [-0.2, -0.15) is 5.10 Å². The summed E-state index contributed by atoms with van der Waals surface area (Å²) in [7, 11) is 1.63. The van der Waals surface area contributed by atoms with E-state index >= 15 is 0 Å². The van der Waals surface area contributed by atoms with Crippen LogP contribution in [0.25, 0.3) is 0 Å². The molecule has 0 aliphatic rings. The Bertz CT molecular complexity index is 387. The van der Waals surface area contributed by atoms with E-state index in [9.17, 15) is 4.79 Å². The van der Waals surface area contributed by atoms with Gasteiger partial charge in [0.05, 0.1) is 18.3 Å². The van der Waals surface area contributed by atoms with E-state index in [0.717, 1.165) is 17.4 Å².